The highest BCUT2D eigenvalue weighted by Crippen LogP contribution is 2.27. The Hall–Kier alpha value is -3.58. The average molecular weight is 425 g/mol. The lowest BCUT2D eigenvalue weighted by Crippen LogP contribution is -2.22. The summed E-state index contributed by atoms with van der Waals surface area (Å²) in [5, 5.41) is 0.534. The molecule has 3 aromatic heterocycles. The van der Waals surface area contributed by atoms with Crippen molar-refractivity contribution in [1.29, 1.82) is 0 Å². The first kappa shape index (κ1) is 19.1. The number of ether oxygens (including phenoxy) is 1. The van der Waals surface area contributed by atoms with Crippen molar-refractivity contribution in [3.05, 3.63) is 76.8 Å². The van der Waals surface area contributed by atoms with Gasteiger partial charge in [-0.25, -0.2) is 15.0 Å². The number of hydrogen-bond acceptors (Lipinski definition) is 5. The van der Waals surface area contributed by atoms with Crippen LogP contribution in [0.2, 0.25) is 0 Å². The van der Waals surface area contributed by atoms with Gasteiger partial charge in [-0.3, -0.25) is 9.36 Å². The molecule has 0 aliphatic carbocycles. The zero-order valence-corrected chi connectivity index (χ0v) is 17.6. The molecule has 1 aliphatic rings. The van der Waals surface area contributed by atoms with Gasteiger partial charge in [-0.15, -0.1) is 0 Å². The maximum absolute atomic E-state index is 13.6. The highest BCUT2D eigenvalue weighted by molar-refractivity contribution is 6.04. The molecule has 0 bridgehead atoms. The molecule has 4 heterocycles. The summed E-state index contributed by atoms with van der Waals surface area (Å²) in [5.74, 6) is 0. The minimum Gasteiger partial charge on any atom is -0.376 e. The number of aryl methyl sites for hydroxylation is 2. The van der Waals surface area contributed by atoms with Crippen LogP contribution in [-0.2, 0) is 24.2 Å². The molecule has 7 heteroatoms. The van der Waals surface area contributed by atoms with Crippen LogP contribution >= 0.6 is 0 Å². The van der Waals surface area contributed by atoms with Crippen LogP contribution < -0.4 is 5.56 Å². The molecule has 0 amide bonds. The second-order valence-corrected chi connectivity index (χ2v) is 8.31. The predicted molar refractivity (Wildman–Crippen MR) is 124 cm³/mol. The smallest absolute Gasteiger partial charge is 0.265 e. The van der Waals surface area contributed by atoms with Crippen molar-refractivity contribution in [1.82, 2.24) is 24.1 Å². The maximum atomic E-state index is 13.6. The summed E-state index contributed by atoms with van der Waals surface area (Å²) in [5.41, 5.74) is 4.63. The van der Waals surface area contributed by atoms with Crippen LogP contribution in [0.4, 0.5) is 0 Å². The van der Waals surface area contributed by atoms with Crippen molar-refractivity contribution in [2.45, 2.75) is 38.5 Å². The molecule has 0 radical (unpaired) electrons. The van der Waals surface area contributed by atoms with Gasteiger partial charge in [0, 0.05) is 13.2 Å². The van der Waals surface area contributed by atoms with E-state index < -0.39 is 0 Å². The molecule has 160 valence electrons. The number of benzene rings is 2. The minimum atomic E-state index is -0.0772. The van der Waals surface area contributed by atoms with Crippen LogP contribution in [-0.4, -0.2) is 36.8 Å². The molecule has 1 fully saturated rings. The van der Waals surface area contributed by atoms with E-state index in [0.29, 0.717) is 35.3 Å². The van der Waals surface area contributed by atoms with Crippen molar-refractivity contribution < 1.29 is 4.74 Å². The van der Waals surface area contributed by atoms with Gasteiger partial charge >= 0.3 is 0 Å². The van der Waals surface area contributed by atoms with E-state index in [9.17, 15) is 4.79 Å². The fourth-order valence-electron chi connectivity index (χ4n) is 4.56. The van der Waals surface area contributed by atoms with E-state index in [1.165, 1.54) is 5.56 Å². The Morgan fingerprint density at radius 3 is 2.53 bits per heavy atom. The second kappa shape index (κ2) is 7.84. The van der Waals surface area contributed by atoms with E-state index in [4.69, 9.17) is 19.7 Å². The molecular weight excluding hydrogens is 402 g/mol. The second-order valence-electron chi connectivity index (χ2n) is 8.31. The zero-order valence-electron chi connectivity index (χ0n) is 17.6. The third-order valence-corrected chi connectivity index (χ3v) is 6.21. The van der Waals surface area contributed by atoms with Crippen LogP contribution in [0.1, 0.15) is 18.4 Å². The Balaban J connectivity index is 1.52. The third-order valence-electron chi connectivity index (χ3n) is 6.21. The fraction of sp³-hybridized carbons (Fsp3) is 0.280. The molecule has 0 saturated carbocycles. The van der Waals surface area contributed by atoms with E-state index in [-0.39, 0.29) is 11.7 Å². The number of hydrogen-bond donors (Lipinski definition) is 0. The SMILES string of the molecule is O=c1c2c3nc4ccccc4nc3n(C[C@@H]3CCCO3)c2ncn1CCc1ccccc1. The van der Waals surface area contributed by atoms with Gasteiger partial charge in [0.05, 0.1) is 30.0 Å². The van der Waals surface area contributed by atoms with Crippen LogP contribution in [0.15, 0.2) is 65.7 Å². The molecule has 6 rings (SSSR count). The molecule has 7 nitrogen and oxygen atoms in total. The molecule has 5 aromatic rings. The third kappa shape index (κ3) is 3.26. The normalized spacial score (nSPS) is 16.4. The molecule has 0 unspecified atom stereocenters. The van der Waals surface area contributed by atoms with Gasteiger partial charge in [-0.05, 0) is 37.0 Å². The van der Waals surface area contributed by atoms with E-state index in [1.807, 2.05) is 47.0 Å². The first-order valence-corrected chi connectivity index (χ1v) is 11.1. The highest BCUT2D eigenvalue weighted by Gasteiger charge is 2.23. The lowest BCUT2D eigenvalue weighted by atomic mass is 10.1. The molecule has 32 heavy (non-hydrogen) atoms. The zero-order chi connectivity index (χ0) is 21.5. The molecular formula is C25H23N5O2. The lowest BCUT2D eigenvalue weighted by molar-refractivity contribution is 0.0987. The summed E-state index contributed by atoms with van der Waals surface area (Å²) in [4.78, 5) is 28.0. The summed E-state index contributed by atoms with van der Waals surface area (Å²) in [6.07, 6.45) is 4.56. The quantitative estimate of drug-likeness (QED) is 0.429. The summed E-state index contributed by atoms with van der Waals surface area (Å²) in [6.45, 7) is 1.95. The van der Waals surface area contributed by atoms with Gasteiger partial charge < -0.3 is 9.30 Å². The highest BCUT2D eigenvalue weighted by atomic mass is 16.5. The summed E-state index contributed by atoms with van der Waals surface area (Å²) in [6, 6.07) is 17.9. The van der Waals surface area contributed by atoms with Gasteiger partial charge in [-0.2, -0.15) is 0 Å². The molecule has 1 atom stereocenters. The molecule has 0 N–H and O–H groups in total. The molecule has 2 aromatic carbocycles. The van der Waals surface area contributed by atoms with Crippen molar-refractivity contribution >= 4 is 33.2 Å². The van der Waals surface area contributed by atoms with E-state index in [2.05, 4.69) is 12.1 Å². The Labute approximate surface area is 184 Å². The van der Waals surface area contributed by atoms with E-state index in [1.54, 1.807) is 10.9 Å². The van der Waals surface area contributed by atoms with Crippen molar-refractivity contribution in [3.63, 3.8) is 0 Å². The summed E-state index contributed by atoms with van der Waals surface area (Å²) in [7, 11) is 0. The van der Waals surface area contributed by atoms with Crippen LogP contribution in [0.5, 0.6) is 0 Å². The Morgan fingerprint density at radius 2 is 1.75 bits per heavy atom. The Morgan fingerprint density at radius 1 is 0.969 bits per heavy atom. The van der Waals surface area contributed by atoms with Crippen molar-refractivity contribution in [3.8, 4) is 0 Å². The summed E-state index contributed by atoms with van der Waals surface area (Å²) >= 11 is 0. The Kier molecular flexibility index (Phi) is 4.69. The molecule has 1 aliphatic heterocycles. The van der Waals surface area contributed by atoms with Crippen molar-refractivity contribution in [2.24, 2.45) is 0 Å². The molecule has 1 saturated heterocycles. The standard InChI is InChI=1S/C25H23N5O2/c31-25-21-22-24(28-20-11-5-4-10-19(20)27-22)30(15-18-9-6-14-32-18)23(21)26-16-29(25)13-12-17-7-2-1-3-8-17/h1-5,7-8,10-11,16,18H,6,9,12-15H2/t18-/m0/s1. The van der Waals surface area contributed by atoms with Crippen LogP contribution in [0.3, 0.4) is 0 Å². The average Bonchev–Trinajstić information content (AvgIpc) is 3.45. The van der Waals surface area contributed by atoms with Crippen LogP contribution in [0, 0.1) is 0 Å². The maximum Gasteiger partial charge on any atom is 0.265 e. The van der Waals surface area contributed by atoms with Gasteiger partial charge in [-0.1, -0.05) is 42.5 Å². The number of fused-ring (bicyclic) bond motifs is 4. The van der Waals surface area contributed by atoms with Gasteiger partial charge in [0.2, 0.25) is 0 Å². The summed E-state index contributed by atoms with van der Waals surface area (Å²) < 4.78 is 9.57. The minimum absolute atomic E-state index is 0.0772. The van der Waals surface area contributed by atoms with E-state index >= 15 is 0 Å². The first-order valence-electron chi connectivity index (χ1n) is 11.1. The van der Waals surface area contributed by atoms with Gasteiger partial charge in [0.25, 0.3) is 5.56 Å². The first-order chi connectivity index (χ1) is 15.8. The topological polar surface area (TPSA) is 74.8 Å². The van der Waals surface area contributed by atoms with Gasteiger partial charge in [0.15, 0.2) is 11.3 Å². The number of aromatic nitrogens is 5. The van der Waals surface area contributed by atoms with Crippen molar-refractivity contribution in [2.75, 3.05) is 6.61 Å². The number of para-hydroxylation sites is 2. The largest absolute Gasteiger partial charge is 0.376 e. The van der Waals surface area contributed by atoms with Crippen LogP contribution in [0.25, 0.3) is 33.2 Å². The Bertz CT molecular complexity index is 1480. The monoisotopic (exact) mass is 425 g/mol. The lowest BCUT2D eigenvalue weighted by Gasteiger charge is -2.12. The van der Waals surface area contributed by atoms with E-state index in [0.717, 1.165) is 36.9 Å². The fourth-order valence-corrected chi connectivity index (χ4v) is 4.56. The number of nitrogens with zero attached hydrogens (tertiary/aromatic N) is 5. The van der Waals surface area contributed by atoms with Gasteiger partial charge in [0.1, 0.15) is 10.9 Å². The number of rotatable bonds is 5. The predicted octanol–water partition coefficient (Wildman–Crippen LogP) is 3.72. The molecule has 0 spiro atoms.